The van der Waals surface area contributed by atoms with Crippen LogP contribution in [0.2, 0.25) is 0 Å². The molecule has 0 saturated carbocycles. The molecule has 0 nitrogen and oxygen atoms in total. The molecule has 8 heteroatoms. The van der Waals surface area contributed by atoms with E-state index >= 15 is 0 Å². The quantitative estimate of drug-likeness (QED) is 0.134. The minimum absolute atomic E-state index is 0. The number of allylic oxidation sites excluding steroid dienone is 4. The molecule has 0 amide bonds. The molecule has 3 rings (SSSR count). The first-order valence-corrected chi connectivity index (χ1v) is 16.4. The maximum Gasteiger partial charge on any atom is 0.673 e. The van der Waals surface area contributed by atoms with Crippen LogP contribution in [0.1, 0.15) is 67.2 Å². The van der Waals surface area contributed by atoms with Crippen LogP contribution in [0, 0.1) is 0 Å². The Bertz CT molecular complexity index is 915. The van der Waals surface area contributed by atoms with E-state index in [-0.39, 0.29) is 35.3 Å². The van der Waals surface area contributed by atoms with Crippen molar-refractivity contribution in [2.75, 3.05) is 13.3 Å². The smallest absolute Gasteiger partial charge is 0.418 e. The minimum atomic E-state index is -6.00. The van der Waals surface area contributed by atoms with E-state index in [2.05, 4.69) is 128 Å². The molecule has 0 fully saturated rings. The summed E-state index contributed by atoms with van der Waals surface area (Å²) in [6.45, 7) is 19.0. The molecule has 38 heavy (non-hydrogen) atoms. The first kappa shape index (κ1) is 37.2. The van der Waals surface area contributed by atoms with Crippen LogP contribution in [0.5, 0.6) is 0 Å². The second-order valence-corrected chi connectivity index (χ2v) is 17.0. The zero-order valence-electron chi connectivity index (χ0n) is 24.1. The van der Waals surface area contributed by atoms with Gasteiger partial charge >= 0.3 is 7.25 Å². The summed E-state index contributed by atoms with van der Waals surface area (Å²) in [5.74, 6) is 0. The van der Waals surface area contributed by atoms with Gasteiger partial charge in [-0.3, -0.25) is 0 Å². The molecule has 2 aromatic rings. The maximum absolute atomic E-state index is 9.75. The number of halogens is 4. The van der Waals surface area contributed by atoms with Gasteiger partial charge in [-0.25, -0.2) is 0 Å². The van der Waals surface area contributed by atoms with Crippen LogP contribution in [-0.2, 0) is 19.5 Å². The number of benzene rings is 2. The minimum Gasteiger partial charge on any atom is -0.418 e. The summed E-state index contributed by atoms with van der Waals surface area (Å²) in [6.07, 6.45) is 14.0. The SMILES string of the molecule is C1=CCC/C=C\CC1.C[P@](c1ccccc1-c1ccccc1[P@@](C)C(C)(C)C)C(C)(C)C.F[B-](F)(F)F.[Rh]. The molecule has 1 radical (unpaired) electrons. The second kappa shape index (κ2) is 17.1. The van der Waals surface area contributed by atoms with Crippen molar-refractivity contribution in [3.63, 3.8) is 0 Å². The van der Waals surface area contributed by atoms with Gasteiger partial charge in [0.05, 0.1) is 0 Å². The van der Waals surface area contributed by atoms with E-state index in [0.717, 1.165) is 0 Å². The molecule has 1 aliphatic rings. The predicted octanol–water partition coefficient (Wildman–Crippen LogP) is 10.4. The van der Waals surface area contributed by atoms with E-state index in [0.29, 0.717) is 10.3 Å². The maximum atomic E-state index is 9.75. The second-order valence-electron chi connectivity index (χ2n) is 11.1. The van der Waals surface area contributed by atoms with Gasteiger partial charge in [-0.2, -0.15) is 0 Å². The molecule has 0 heterocycles. The Morgan fingerprint density at radius 2 is 0.789 bits per heavy atom. The Balaban J connectivity index is 0.000000804. The summed E-state index contributed by atoms with van der Waals surface area (Å²) >= 11 is 0. The van der Waals surface area contributed by atoms with Gasteiger partial charge in [0.15, 0.2) is 0 Å². The summed E-state index contributed by atoms with van der Waals surface area (Å²) in [5.41, 5.74) is 2.88. The van der Waals surface area contributed by atoms with Gasteiger partial charge in [-0.05, 0) is 71.1 Å². The molecule has 0 spiro atoms. The number of rotatable bonds is 3. The van der Waals surface area contributed by atoms with Crippen LogP contribution in [-0.4, -0.2) is 30.9 Å². The van der Waals surface area contributed by atoms with Crippen LogP contribution in [0.4, 0.5) is 17.3 Å². The third-order valence-corrected chi connectivity index (χ3v) is 12.4. The van der Waals surface area contributed by atoms with Gasteiger partial charge in [0.2, 0.25) is 0 Å². The standard InChI is InChI=1S/C22H32P2.C8H12.BF4.Rh/c1-21(2,3)23(7)19-15-11-9-13-17(19)18-14-10-12-16-20(18)24(8)22(4,5)6;1-2-4-6-8-7-5-3-1;2-1(3,4)5;/h9-16H,1-8H3;1-2,7-8H,3-6H2;;/q;;-1;/b;2-1-,8-7?;;/t23-,24-;;;/m1.../s1. The molecule has 2 atom stereocenters. The Hall–Kier alpha value is -0.812. The fourth-order valence-corrected chi connectivity index (χ4v) is 6.74. The van der Waals surface area contributed by atoms with Crippen LogP contribution in [0.25, 0.3) is 11.1 Å². The van der Waals surface area contributed by atoms with Crippen molar-refractivity contribution in [3.05, 3.63) is 72.8 Å². The average molecular weight is 656 g/mol. The first-order chi connectivity index (χ1) is 17.0. The third-order valence-electron chi connectivity index (χ3n) is 6.17. The molecule has 0 bridgehead atoms. The van der Waals surface area contributed by atoms with Gasteiger partial charge in [-0.15, -0.1) is 0 Å². The third kappa shape index (κ3) is 14.5. The normalized spacial score (nSPS) is 16.2. The van der Waals surface area contributed by atoms with Crippen LogP contribution in [0.15, 0.2) is 72.8 Å². The summed E-state index contributed by atoms with van der Waals surface area (Å²) in [5, 5.41) is 3.71. The largest absolute Gasteiger partial charge is 0.673 e. The summed E-state index contributed by atoms with van der Waals surface area (Å²) < 4.78 is 39.0. The van der Waals surface area contributed by atoms with Gasteiger partial charge in [0.1, 0.15) is 0 Å². The van der Waals surface area contributed by atoms with Crippen molar-refractivity contribution in [1.29, 1.82) is 0 Å². The Morgan fingerprint density at radius 3 is 1.03 bits per heavy atom. The fraction of sp³-hybridized carbons (Fsp3) is 0.467. The monoisotopic (exact) mass is 656 g/mol. The Kier molecular flexibility index (Phi) is 16.7. The molecule has 0 aromatic heterocycles. The molecule has 0 aliphatic heterocycles. The fourth-order valence-electron chi connectivity index (χ4n) is 3.57. The molecule has 0 saturated heterocycles. The van der Waals surface area contributed by atoms with Crippen LogP contribution < -0.4 is 10.6 Å². The van der Waals surface area contributed by atoms with Gasteiger partial charge in [0, 0.05) is 19.5 Å². The topological polar surface area (TPSA) is 0 Å². The Morgan fingerprint density at radius 1 is 0.553 bits per heavy atom. The Labute approximate surface area is 244 Å². The van der Waals surface area contributed by atoms with Crippen molar-refractivity contribution in [2.45, 2.75) is 77.5 Å². The zero-order valence-corrected chi connectivity index (χ0v) is 27.5. The molecular formula is C30H44BF4P2Rh-. The van der Waals surface area contributed by atoms with E-state index in [1.165, 1.54) is 47.4 Å². The van der Waals surface area contributed by atoms with Crippen molar-refractivity contribution >= 4 is 33.7 Å². The predicted molar refractivity (Wildman–Crippen MR) is 163 cm³/mol. The van der Waals surface area contributed by atoms with Gasteiger partial charge in [-0.1, -0.05) is 130 Å². The van der Waals surface area contributed by atoms with E-state index in [1.807, 2.05) is 0 Å². The van der Waals surface area contributed by atoms with E-state index in [1.54, 1.807) is 0 Å². The van der Waals surface area contributed by atoms with Crippen LogP contribution in [0.3, 0.4) is 0 Å². The number of hydrogen-bond acceptors (Lipinski definition) is 0. The number of hydrogen-bond donors (Lipinski definition) is 0. The van der Waals surface area contributed by atoms with Crippen molar-refractivity contribution in [2.24, 2.45) is 0 Å². The van der Waals surface area contributed by atoms with E-state index in [4.69, 9.17) is 0 Å². The molecule has 215 valence electrons. The zero-order chi connectivity index (χ0) is 28.3. The molecule has 0 unspecified atom stereocenters. The first-order valence-electron chi connectivity index (χ1n) is 12.9. The molecule has 2 aromatic carbocycles. The van der Waals surface area contributed by atoms with Crippen LogP contribution >= 0.6 is 15.8 Å². The summed E-state index contributed by atoms with van der Waals surface area (Å²) in [6, 6.07) is 18.1. The average Bonchev–Trinajstić information content (AvgIpc) is 2.76. The summed E-state index contributed by atoms with van der Waals surface area (Å²) in [7, 11) is -6.43. The molecular weight excluding hydrogens is 612 g/mol. The van der Waals surface area contributed by atoms with E-state index < -0.39 is 7.25 Å². The summed E-state index contributed by atoms with van der Waals surface area (Å²) in [4.78, 5) is 0. The molecule has 0 N–H and O–H groups in total. The van der Waals surface area contributed by atoms with Crippen molar-refractivity contribution in [3.8, 4) is 11.1 Å². The van der Waals surface area contributed by atoms with E-state index in [9.17, 15) is 17.3 Å². The van der Waals surface area contributed by atoms with Gasteiger partial charge < -0.3 is 17.3 Å². The molecule has 1 aliphatic carbocycles. The van der Waals surface area contributed by atoms with Crippen molar-refractivity contribution in [1.82, 2.24) is 0 Å². The van der Waals surface area contributed by atoms with Gasteiger partial charge in [0.25, 0.3) is 0 Å². The van der Waals surface area contributed by atoms with Crippen molar-refractivity contribution < 1.29 is 36.7 Å².